The fourth-order valence-electron chi connectivity index (χ4n) is 1.75. The van der Waals surface area contributed by atoms with E-state index in [0.29, 0.717) is 5.69 Å². The van der Waals surface area contributed by atoms with Crippen molar-refractivity contribution in [2.24, 2.45) is 5.73 Å². The lowest BCUT2D eigenvalue weighted by Gasteiger charge is -2.12. The largest absolute Gasteiger partial charge is 0.325 e. The zero-order valence-electron chi connectivity index (χ0n) is 11.4. The molecule has 0 aliphatic rings. The molecule has 0 aromatic heterocycles. The second-order valence-corrected chi connectivity index (χ2v) is 7.15. The van der Waals surface area contributed by atoms with Crippen molar-refractivity contribution in [3.8, 4) is 0 Å². The Balaban J connectivity index is 2.63. The minimum Gasteiger partial charge on any atom is -0.325 e. The number of anilines is 1. The summed E-state index contributed by atoms with van der Waals surface area (Å²) >= 11 is 0. The predicted molar refractivity (Wildman–Crippen MR) is 76.8 cm³/mol. The van der Waals surface area contributed by atoms with E-state index in [1.165, 1.54) is 0 Å². The number of carbonyl (C=O) groups excluding carboxylic acids is 1. The van der Waals surface area contributed by atoms with E-state index >= 15 is 0 Å². The number of benzene rings is 1. The Hall–Kier alpha value is -1.40. The quantitative estimate of drug-likeness (QED) is 0.844. The average molecular weight is 284 g/mol. The molecule has 3 N–H and O–H groups in total. The van der Waals surface area contributed by atoms with E-state index < -0.39 is 15.9 Å². The lowest BCUT2D eigenvalue weighted by Crippen LogP contribution is -2.37. The van der Waals surface area contributed by atoms with Gasteiger partial charge < -0.3 is 11.1 Å². The highest BCUT2D eigenvalue weighted by Gasteiger charge is 2.16. The van der Waals surface area contributed by atoms with Gasteiger partial charge in [0.05, 0.1) is 11.8 Å². The topological polar surface area (TPSA) is 89.3 Å². The van der Waals surface area contributed by atoms with Gasteiger partial charge in [-0.2, -0.15) is 0 Å². The number of carbonyl (C=O) groups is 1. The molecule has 0 saturated heterocycles. The summed E-state index contributed by atoms with van der Waals surface area (Å²) in [5.74, 6) is -0.456. The first-order valence-corrected chi connectivity index (χ1v) is 8.06. The van der Waals surface area contributed by atoms with Gasteiger partial charge in [0.2, 0.25) is 5.91 Å². The van der Waals surface area contributed by atoms with Crippen LogP contribution in [0.25, 0.3) is 0 Å². The van der Waals surface area contributed by atoms with Crippen molar-refractivity contribution in [2.75, 3.05) is 17.3 Å². The number of nitrogens with one attached hydrogen (secondary N) is 1. The fraction of sp³-hybridized carbons (Fsp3) is 0.462. The van der Waals surface area contributed by atoms with Crippen LogP contribution in [0.1, 0.15) is 17.5 Å². The predicted octanol–water partition coefficient (Wildman–Crippen LogP) is 1.00. The highest BCUT2D eigenvalue weighted by Crippen LogP contribution is 2.14. The minimum absolute atomic E-state index is 0.0889. The molecule has 1 atom stereocenters. The van der Waals surface area contributed by atoms with Gasteiger partial charge in [-0.05, 0) is 43.5 Å². The molecule has 19 heavy (non-hydrogen) atoms. The Morgan fingerprint density at radius 1 is 1.26 bits per heavy atom. The molecule has 1 aromatic rings. The fourth-order valence-corrected chi connectivity index (χ4v) is 2.44. The summed E-state index contributed by atoms with van der Waals surface area (Å²) in [7, 11) is -3.10. The molecular formula is C13H20N2O3S. The Morgan fingerprint density at radius 3 is 2.26 bits per heavy atom. The molecule has 0 heterocycles. The van der Waals surface area contributed by atoms with Gasteiger partial charge >= 0.3 is 0 Å². The molecule has 0 radical (unpaired) electrons. The van der Waals surface area contributed by atoms with Crippen LogP contribution in [0.3, 0.4) is 0 Å². The van der Waals surface area contributed by atoms with Gasteiger partial charge in [-0.3, -0.25) is 4.79 Å². The van der Waals surface area contributed by atoms with Gasteiger partial charge in [0.15, 0.2) is 0 Å². The average Bonchev–Trinajstić information content (AvgIpc) is 2.23. The monoisotopic (exact) mass is 284 g/mol. The lowest BCUT2D eigenvalue weighted by molar-refractivity contribution is -0.117. The maximum Gasteiger partial charge on any atom is 0.241 e. The molecule has 0 aliphatic carbocycles. The highest BCUT2D eigenvalue weighted by atomic mass is 32.2. The number of amides is 1. The van der Waals surface area contributed by atoms with E-state index in [-0.39, 0.29) is 18.1 Å². The van der Waals surface area contributed by atoms with Gasteiger partial charge in [0.1, 0.15) is 9.84 Å². The molecule has 0 aliphatic heterocycles. The summed E-state index contributed by atoms with van der Waals surface area (Å²) in [6, 6.07) is 4.86. The van der Waals surface area contributed by atoms with Crippen LogP contribution in [-0.4, -0.2) is 32.4 Å². The molecule has 0 bridgehead atoms. The van der Waals surface area contributed by atoms with E-state index in [9.17, 15) is 13.2 Å². The molecule has 6 heteroatoms. The van der Waals surface area contributed by atoms with E-state index in [1.54, 1.807) is 0 Å². The van der Waals surface area contributed by atoms with Crippen molar-refractivity contribution in [1.29, 1.82) is 0 Å². The Kier molecular flexibility index (Phi) is 5.08. The standard InChI is InChI=1S/C13H20N2O3S/c1-9-6-10(2)8-11(7-9)15-13(16)12(14)4-5-19(3,17)18/h6-8,12H,4-5,14H2,1-3H3,(H,15,16). The van der Waals surface area contributed by atoms with Crippen LogP contribution in [0.5, 0.6) is 0 Å². The SMILES string of the molecule is Cc1cc(C)cc(NC(=O)C(N)CCS(C)(=O)=O)c1. The molecule has 1 amide bonds. The highest BCUT2D eigenvalue weighted by molar-refractivity contribution is 7.90. The molecule has 1 unspecified atom stereocenters. The van der Waals surface area contributed by atoms with Crippen LogP contribution in [0, 0.1) is 13.8 Å². The van der Waals surface area contributed by atoms with E-state index in [0.717, 1.165) is 17.4 Å². The molecule has 5 nitrogen and oxygen atoms in total. The van der Waals surface area contributed by atoms with E-state index in [2.05, 4.69) is 5.32 Å². The van der Waals surface area contributed by atoms with Crippen LogP contribution in [0.2, 0.25) is 0 Å². The zero-order chi connectivity index (χ0) is 14.6. The van der Waals surface area contributed by atoms with Crippen LogP contribution in [-0.2, 0) is 14.6 Å². The number of aryl methyl sites for hydroxylation is 2. The third-order valence-electron chi connectivity index (χ3n) is 2.63. The maximum atomic E-state index is 11.8. The summed E-state index contributed by atoms with van der Waals surface area (Å²) in [4.78, 5) is 11.8. The second kappa shape index (κ2) is 6.16. The molecule has 0 fully saturated rings. The first-order chi connectivity index (χ1) is 8.67. The molecule has 0 saturated carbocycles. The normalized spacial score (nSPS) is 13.1. The van der Waals surface area contributed by atoms with E-state index in [1.807, 2.05) is 32.0 Å². The Labute approximate surface area is 114 Å². The van der Waals surface area contributed by atoms with Crippen molar-refractivity contribution in [2.45, 2.75) is 26.3 Å². The van der Waals surface area contributed by atoms with Gasteiger partial charge in [0, 0.05) is 11.9 Å². The lowest BCUT2D eigenvalue weighted by atomic mass is 10.1. The third kappa shape index (κ3) is 5.85. The second-order valence-electron chi connectivity index (χ2n) is 4.89. The maximum absolute atomic E-state index is 11.8. The molecule has 1 rings (SSSR count). The summed E-state index contributed by atoms with van der Waals surface area (Å²) in [5.41, 5.74) is 8.43. The summed E-state index contributed by atoms with van der Waals surface area (Å²) in [6.07, 6.45) is 1.25. The van der Waals surface area contributed by atoms with Gasteiger partial charge in [0.25, 0.3) is 0 Å². The van der Waals surface area contributed by atoms with Gasteiger partial charge in [-0.15, -0.1) is 0 Å². The molecule has 1 aromatic carbocycles. The number of rotatable bonds is 5. The Morgan fingerprint density at radius 2 is 1.79 bits per heavy atom. The van der Waals surface area contributed by atoms with Crippen LogP contribution in [0.4, 0.5) is 5.69 Å². The summed E-state index contributed by atoms with van der Waals surface area (Å²) in [6.45, 7) is 3.87. The number of sulfone groups is 1. The van der Waals surface area contributed by atoms with Crippen LogP contribution in [0.15, 0.2) is 18.2 Å². The first kappa shape index (κ1) is 15.7. The molecule has 0 spiro atoms. The van der Waals surface area contributed by atoms with Gasteiger partial charge in [-0.1, -0.05) is 6.07 Å². The minimum atomic E-state index is -3.10. The summed E-state index contributed by atoms with van der Waals surface area (Å²) < 4.78 is 22.0. The smallest absolute Gasteiger partial charge is 0.241 e. The van der Waals surface area contributed by atoms with Crippen molar-refractivity contribution >= 4 is 21.4 Å². The van der Waals surface area contributed by atoms with Crippen molar-refractivity contribution in [3.63, 3.8) is 0 Å². The van der Waals surface area contributed by atoms with Crippen molar-refractivity contribution in [1.82, 2.24) is 0 Å². The number of hydrogen-bond donors (Lipinski definition) is 2. The zero-order valence-corrected chi connectivity index (χ0v) is 12.3. The van der Waals surface area contributed by atoms with Crippen molar-refractivity contribution in [3.05, 3.63) is 29.3 Å². The Bertz CT molecular complexity index is 547. The third-order valence-corrected chi connectivity index (χ3v) is 3.60. The first-order valence-electron chi connectivity index (χ1n) is 6.00. The molecular weight excluding hydrogens is 264 g/mol. The number of hydrogen-bond acceptors (Lipinski definition) is 4. The summed E-state index contributed by atoms with van der Waals surface area (Å²) in [5, 5.41) is 2.70. The van der Waals surface area contributed by atoms with E-state index in [4.69, 9.17) is 5.73 Å². The number of nitrogens with two attached hydrogens (primary N) is 1. The van der Waals surface area contributed by atoms with Crippen molar-refractivity contribution < 1.29 is 13.2 Å². The van der Waals surface area contributed by atoms with Crippen LogP contribution < -0.4 is 11.1 Å². The van der Waals surface area contributed by atoms with Gasteiger partial charge in [-0.25, -0.2) is 8.42 Å². The molecule has 106 valence electrons. The van der Waals surface area contributed by atoms with Crippen LogP contribution >= 0.6 is 0 Å².